The minimum Gasteiger partial charge on any atom is -0.341 e. The van der Waals surface area contributed by atoms with E-state index in [-0.39, 0.29) is 12.5 Å². The van der Waals surface area contributed by atoms with E-state index < -0.39 is 15.6 Å². The fourth-order valence-electron chi connectivity index (χ4n) is 2.05. The Bertz CT molecular complexity index is 514. The van der Waals surface area contributed by atoms with Gasteiger partial charge in [0.15, 0.2) is 0 Å². The normalized spacial score (nSPS) is 24.1. The lowest BCUT2D eigenvalue weighted by Crippen LogP contribution is -2.35. The van der Waals surface area contributed by atoms with Crippen molar-refractivity contribution >= 4 is 40.7 Å². The van der Waals surface area contributed by atoms with Crippen molar-refractivity contribution in [3.05, 3.63) is 34.6 Å². The molecular weight excluding hydrogens is 312 g/mol. The van der Waals surface area contributed by atoms with Gasteiger partial charge in [-0.05, 0) is 25.5 Å². The van der Waals surface area contributed by atoms with Gasteiger partial charge in [-0.2, -0.15) is 0 Å². The smallest absolute Gasteiger partial charge is 0.231 e. The minimum atomic E-state index is -1.03. The van der Waals surface area contributed by atoms with Gasteiger partial charge in [0.2, 0.25) is 5.91 Å². The number of nitrogens with zero attached hydrogens (tertiary/aromatic N) is 1. The van der Waals surface area contributed by atoms with E-state index in [1.165, 1.54) is 17.0 Å². The number of amides is 1. The summed E-state index contributed by atoms with van der Waals surface area (Å²) in [6.45, 7) is 1.79. The standard InChI is InChI=1S/C13H13Cl3FNO/c1-12(7-13(12,15)16)11(19)18(2)6-8-9(14)4-3-5-10(8)17/h3-5H,6-7H2,1-2H3. The SMILES string of the molecule is CN(Cc1c(F)cccc1Cl)C(=O)C1(C)CC1(Cl)Cl. The summed E-state index contributed by atoms with van der Waals surface area (Å²) in [4.78, 5) is 13.7. The monoisotopic (exact) mass is 323 g/mol. The highest BCUT2D eigenvalue weighted by Crippen LogP contribution is 2.64. The Morgan fingerprint density at radius 3 is 2.53 bits per heavy atom. The van der Waals surface area contributed by atoms with Gasteiger partial charge in [-0.15, -0.1) is 23.2 Å². The zero-order valence-electron chi connectivity index (χ0n) is 10.5. The number of hydrogen-bond donors (Lipinski definition) is 0. The molecule has 0 saturated heterocycles. The molecule has 19 heavy (non-hydrogen) atoms. The lowest BCUT2D eigenvalue weighted by atomic mass is 10.1. The van der Waals surface area contributed by atoms with Crippen LogP contribution in [0.5, 0.6) is 0 Å². The summed E-state index contributed by atoms with van der Waals surface area (Å²) < 4.78 is 12.6. The molecule has 1 saturated carbocycles. The first kappa shape index (κ1) is 14.9. The molecule has 0 aliphatic heterocycles. The largest absolute Gasteiger partial charge is 0.341 e. The molecule has 0 aromatic heterocycles. The van der Waals surface area contributed by atoms with E-state index in [9.17, 15) is 9.18 Å². The first-order chi connectivity index (χ1) is 8.69. The molecule has 1 aliphatic carbocycles. The molecule has 6 heteroatoms. The first-order valence-corrected chi connectivity index (χ1v) is 6.89. The minimum absolute atomic E-state index is 0.0871. The molecular formula is C13H13Cl3FNO. The van der Waals surface area contributed by atoms with Crippen LogP contribution in [0.4, 0.5) is 4.39 Å². The summed E-state index contributed by atoms with van der Waals surface area (Å²) in [7, 11) is 1.58. The van der Waals surface area contributed by atoms with Gasteiger partial charge in [0.05, 0.1) is 5.41 Å². The third-order valence-electron chi connectivity index (χ3n) is 3.53. The summed E-state index contributed by atoms with van der Waals surface area (Å²) in [6.07, 6.45) is 0.400. The van der Waals surface area contributed by atoms with E-state index in [4.69, 9.17) is 34.8 Å². The second kappa shape index (κ2) is 4.80. The molecule has 1 aromatic rings. The van der Waals surface area contributed by atoms with E-state index in [0.717, 1.165) is 0 Å². The Hall–Kier alpha value is -0.510. The summed E-state index contributed by atoms with van der Waals surface area (Å²) in [5.41, 5.74) is -0.512. The molecule has 1 aliphatic rings. The number of hydrogen-bond acceptors (Lipinski definition) is 1. The molecule has 2 rings (SSSR count). The number of rotatable bonds is 3. The topological polar surface area (TPSA) is 20.3 Å². The zero-order valence-corrected chi connectivity index (χ0v) is 12.8. The van der Waals surface area contributed by atoms with Crippen LogP contribution in [0.15, 0.2) is 18.2 Å². The van der Waals surface area contributed by atoms with Crippen molar-refractivity contribution in [2.45, 2.75) is 24.2 Å². The van der Waals surface area contributed by atoms with Gasteiger partial charge >= 0.3 is 0 Å². The average Bonchev–Trinajstić information content (AvgIpc) is 2.83. The third-order valence-corrected chi connectivity index (χ3v) is 4.99. The maximum atomic E-state index is 13.7. The number of carbonyl (C=O) groups is 1. The van der Waals surface area contributed by atoms with E-state index in [1.807, 2.05) is 0 Å². The summed E-state index contributed by atoms with van der Waals surface area (Å²) >= 11 is 17.9. The lowest BCUT2D eigenvalue weighted by Gasteiger charge is -2.23. The highest BCUT2D eigenvalue weighted by molar-refractivity contribution is 6.53. The Balaban J connectivity index is 2.15. The van der Waals surface area contributed by atoms with Gasteiger partial charge in [-0.1, -0.05) is 17.7 Å². The average molecular weight is 325 g/mol. The molecule has 1 amide bonds. The lowest BCUT2D eigenvalue weighted by molar-refractivity contribution is -0.135. The molecule has 1 aromatic carbocycles. The fraction of sp³-hybridized carbons (Fsp3) is 0.462. The van der Waals surface area contributed by atoms with Crippen molar-refractivity contribution in [2.24, 2.45) is 5.41 Å². The first-order valence-electron chi connectivity index (χ1n) is 5.75. The van der Waals surface area contributed by atoms with Crippen LogP contribution in [-0.2, 0) is 11.3 Å². The predicted molar refractivity (Wildman–Crippen MR) is 75.0 cm³/mol. The van der Waals surface area contributed by atoms with E-state index in [2.05, 4.69) is 0 Å². The van der Waals surface area contributed by atoms with E-state index in [0.29, 0.717) is 17.0 Å². The number of halogens is 4. The summed E-state index contributed by atoms with van der Waals surface area (Å²) in [5, 5.41) is 0.295. The number of benzene rings is 1. The molecule has 1 atom stereocenters. The predicted octanol–water partition coefficient (Wildman–Crippen LogP) is 4.02. The van der Waals surface area contributed by atoms with Crippen molar-refractivity contribution in [1.82, 2.24) is 4.90 Å². The van der Waals surface area contributed by atoms with Crippen molar-refractivity contribution < 1.29 is 9.18 Å². The molecule has 0 heterocycles. The van der Waals surface area contributed by atoms with Crippen LogP contribution in [0, 0.1) is 11.2 Å². The molecule has 104 valence electrons. The Morgan fingerprint density at radius 2 is 2.05 bits per heavy atom. The van der Waals surface area contributed by atoms with E-state index >= 15 is 0 Å². The quantitative estimate of drug-likeness (QED) is 0.769. The maximum absolute atomic E-state index is 13.7. The van der Waals surface area contributed by atoms with Gasteiger partial charge in [0.25, 0.3) is 0 Å². The number of alkyl halides is 2. The highest BCUT2D eigenvalue weighted by atomic mass is 35.5. The van der Waals surface area contributed by atoms with Crippen LogP contribution >= 0.6 is 34.8 Å². The van der Waals surface area contributed by atoms with Crippen molar-refractivity contribution in [1.29, 1.82) is 0 Å². The number of carbonyl (C=O) groups excluding carboxylic acids is 1. The van der Waals surface area contributed by atoms with Crippen molar-refractivity contribution in [3.63, 3.8) is 0 Å². The van der Waals surface area contributed by atoms with Crippen LogP contribution in [0.2, 0.25) is 5.02 Å². The van der Waals surface area contributed by atoms with Crippen LogP contribution in [0.25, 0.3) is 0 Å². The molecule has 0 radical (unpaired) electrons. The summed E-state index contributed by atoms with van der Waals surface area (Å²) in [5.74, 6) is -0.645. The fourth-order valence-corrected chi connectivity index (χ4v) is 2.96. The van der Waals surface area contributed by atoms with Crippen LogP contribution in [0.1, 0.15) is 18.9 Å². The van der Waals surface area contributed by atoms with Crippen molar-refractivity contribution in [2.75, 3.05) is 7.05 Å². The van der Waals surface area contributed by atoms with E-state index in [1.54, 1.807) is 20.0 Å². The molecule has 0 N–H and O–H groups in total. The Kier molecular flexibility index (Phi) is 3.76. The third kappa shape index (κ3) is 2.56. The highest BCUT2D eigenvalue weighted by Gasteiger charge is 2.68. The van der Waals surface area contributed by atoms with Gasteiger partial charge in [-0.25, -0.2) is 4.39 Å². The molecule has 0 bridgehead atoms. The maximum Gasteiger partial charge on any atom is 0.231 e. The zero-order chi connectivity index (χ0) is 14.4. The van der Waals surface area contributed by atoms with Crippen LogP contribution in [0.3, 0.4) is 0 Å². The van der Waals surface area contributed by atoms with Gasteiger partial charge in [0.1, 0.15) is 10.2 Å². The van der Waals surface area contributed by atoms with Gasteiger partial charge in [-0.3, -0.25) is 4.79 Å². The molecule has 1 unspecified atom stereocenters. The van der Waals surface area contributed by atoms with Gasteiger partial charge in [0, 0.05) is 24.2 Å². The molecule has 1 fully saturated rings. The second-order valence-electron chi connectivity index (χ2n) is 5.07. The summed E-state index contributed by atoms with van der Waals surface area (Å²) in [6, 6.07) is 4.42. The Labute approximate surface area is 126 Å². The second-order valence-corrected chi connectivity index (χ2v) is 6.97. The van der Waals surface area contributed by atoms with Crippen LogP contribution < -0.4 is 0 Å². The van der Waals surface area contributed by atoms with Crippen molar-refractivity contribution in [3.8, 4) is 0 Å². The van der Waals surface area contributed by atoms with Gasteiger partial charge < -0.3 is 4.90 Å². The van der Waals surface area contributed by atoms with Crippen LogP contribution in [-0.4, -0.2) is 22.2 Å². The molecule has 0 spiro atoms. The molecule has 2 nitrogen and oxygen atoms in total. The Morgan fingerprint density at radius 1 is 1.47 bits per heavy atom.